The van der Waals surface area contributed by atoms with E-state index in [0.717, 1.165) is 0 Å². The number of non-ortho nitro benzene ring substituents is 2. The van der Waals surface area contributed by atoms with E-state index in [4.69, 9.17) is 9.47 Å². The van der Waals surface area contributed by atoms with E-state index in [1.54, 1.807) is 42.5 Å². The van der Waals surface area contributed by atoms with Gasteiger partial charge in [-0.2, -0.15) is 0 Å². The number of benzene rings is 2. The zero-order chi connectivity index (χ0) is 31.4. The number of pyridine rings is 3. The highest BCUT2D eigenvalue weighted by Gasteiger charge is 2.18. The molecule has 0 atom stereocenters. The Morgan fingerprint density at radius 1 is 0.545 bits per heavy atom. The van der Waals surface area contributed by atoms with E-state index >= 15 is 0 Å². The van der Waals surface area contributed by atoms with Crippen LogP contribution < -0.4 is 0 Å². The van der Waals surface area contributed by atoms with E-state index in [9.17, 15) is 29.8 Å². The molecule has 2 aromatic carbocycles. The monoisotopic (exact) mass is 591 g/mol. The minimum Gasteiger partial charge on any atom is -0.464 e. The molecule has 218 valence electrons. The maximum atomic E-state index is 12.5. The zero-order valence-corrected chi connectivity index (χ0v) is 23.2. The second kappa shape index (κ2) is 12.2. The van der Waals surface area contributed by atoms with Crippen LogP contribution >= 0.6 is 0 Å². The first kappa shape index (κ1) is 29.1. The van der Waals surface area contributed by atoms with Gasteiger partial charge in [0.1, 0.15) is 11.4 Å². The molecule has 0 radical (unpaired) electrons. The average molecular weight is 592 g/mol. The van der Waals surface area contributed by atoms with Gasteiger partial charge in [0, 0.05) is 24.3 Å². The summed E-state index contributed by atoms with van der Waals surface area (Å²) in [6.45, 7) is 0. The van der Waals surface area contributed by atoms with E-state index < -0.39 is 21.8 Å². The molecule has 0 aliphatic heterocycles. The van der Waals surface area contributed by atoms with Crippen LogP contribution in [0.3, 0.4) is 0 Å². The Morgan fingerprint density at radius 3 is 1.34 bits per heavy atom. The molecular weight excluding hydrogens is 570 g/mol. The Bertz CT molecular complexity index is 1820. The maximum absolute atomic E-state index is 12.5. The van der Waals surface area contributed by atoms with Gasteiger partial charge in [0.25, 0.3) is 11.4 Å². The molecule has 5 rings (SSSR count). The zero-order valence-electron chi connectivity index (χ0n) is 23.2. The molecule has 0 aliphatic carbocycles. The van der Waals surface area contributed by atoms with Crippen molar-refractivity contribution < 1.29 is 28.9 Å². The molecule has 3 aromatic heterocycles. The van der Waals surface area contributed by atoms with Crippen molar-refractivity contribution in [2.75, 3.05) is 14.2 Å². The summed E-state index contributed by atoms with van der Waals surface area (Å²) in [5.74, 6) is -1.44. The van der Waals surface area contributed by atoms with E-state index in [1.807, 2.05) is 0 Å². The first-order valence-corrected chi connectivity index (χ1v) is 12.8. The van der Waals surface area contributed by atoms with Gasteiger partial charge in [0.15, 0.2) is 0 Å². The van der Waals surface area contributed by atoms with Crippen LogP contribution in [0.2, 0.25) is 0 Å². The molecular formula is C31H21N5O8. The number of carbonyl (C=O) groups excluding carboxylic acids is 2. The largest absolute Gasteiger partial charge is 0.464 e. The highest BCUT2D eigenvalue weighted by molar-refractivity contribution is 5.91. The summed E-state index contributed by atoms with van der Waals surface area (Å²) in [7, 11) is 2.42. The van der Waals surface area contributed by atoms with Crippen molar-refractivity contribution >= 4 is 23.3 Å². The molecule has 0 amide bonds. The van der Waals surface area contributed by atoms with Crippen LogP contribution in [0.15, 0.2) is 91.0 Å². The van der Waals surface area contributed by atoms with Crippen molar-refractivity contribution in [3.63, 3.8) is 0 Å². The van der Waals surface area contributed by atoms with Crippen LogP contribution in [0.25, 0.3) is 45.0 Å². The van der Waals surface area contributed by atoms with Gasteiger partial charge in [-0.3, -0.25) is 20.2 Å². The van der Waals surface area contributed by atoms with Crippen LogP contribution in [0, 0.1) is 20.2 Å². The normalized spacial score (nSPS) is 10.6. The third-order valence-corrected chi connectivity index (χ3v) is 6.49. The number of methoxy groups -OCH3 is 2. The van der Waals surface area contributed by atoms with Crippen LogP contribution in [0.5, 0.6) is 0 Å². The Hall–Kier alpha value is -6.37. The van der Waals surface area contributed by atoms with Gasteiger partial charge in [-0.25, -0.2) is 24.5 Å². The second-order valence-electron chi connectivity index (χ2n) is 9.26. The summed E-state index contributed by atoms with van der Waals surface area (Å²) >= 11 is 0. The Morgan fingerprint density at radius 2 is 0.955 bits per heavy atom. The molecule has 0 aliphatic rings. The van der Waals surface area contributed by atoms with Crippen molar-refractivity contribution in [2.24, 2.45) is 0 Å². The summed E-state index contributed by atoms with van der Waals surface area (Å²) < 4.78 is 9.74. The highest BCUT2D eigenvalue weighted by atomic mass is 16.6. The van der Waals surface area contributed by atoms with Crippen LogP contribution in [0.4, 0.5) is 11.4 Å². The predicted molar refractivity (Wildman–Crippen MR) is 158 cm³/mol. The first-order chi connectivity index (χ1) is 21.2. The lowest BCUT2D eigenvalue weighted by Gasteiger charge is -2.11. The Kier molecular flexibility index (Phi) is 8.11. The molecule has 0 bridgehead atoms. The van der Waals surface area contributed by atoms with Crippen molar-refractivity contribution in [3.8, 4) is 45.0 Å². The fourth-order valence-corrected chi connectivity index (χ4v) is 4.39. The third kappa shape index (κ3) is 6.11. The third-order valence-electron chi connectivity index (χ3n) is 6.49. The molecule has 0 saturated heterocycles. The standard InChI is InChI=1S/C31H21N5O8/c1-43-30(37)28-16-20(18-6-3-8-22(12-18)35(39)40)14-26(33-28)24-10-5-11-25(32-24)27-15-21(17-29(34-27)31(38)44-2)19-7-4-9-23(13-19)36(41)42/h3-17H,1-2H3. The van der Waals surface area contributed by atoms with Gasteiger partial charge in [-0.15, -0.1) is 0 Å². The summed E-state index contributed by atoms with van der Waals surface area (Å²) in [5.41, 5.74) is 2.69. The Balaban J connectivity index is 1.64. The summed E-state index contributed by atoms with van der Waals surface area (Å²) in [5, 5.41) is 22.7. The Labute approximate surface area is 249 Å². The van der Waals surface area contributed by atoms with Crippen molar-refractivity contribution in [3.05, 3.63) is 123 Å². The van der Waals surface area contributed by atoms with Crippen molar-refractivity contribution in [2.45, 2.75) is 0 Å². The number of hydrogen-bond acceptors (Lipinski definition) is 11. The molecule has 13 nitrogen and oxygen atoms in total. The molecule has 0 fully saturated rings. The van der Waals surface area contributed by atoms with Crippen molar-refractivity contribution in [1.29, 1.82) is 0 Å². The van der Waals surface area contributed by atoms with E-state index in [1.165, 1.54) is 62.8 Å². The smallest absolute Gasteiger partial charge is 0.356 e. The number of carbonyl (C=O) groups is 2. The van der Waals surface area contributed by atoms with Gasteiger partial charge >= 0.3 is 11.9 Å². The number of rotatable bonds is 8. The maximum Gasteiger partial charge on any atom is 0.356 e. The fourth-order valence-electron chi connectivity index (χ4n) is 4.39. The minimum atomic E-state index is -0.719. The topological polar surface area (TPSA) is 178 Å². The van der Waals surface area contributed by atoms with Gasteiger partial charge in [-0.05, 0) is 58.7 Å². The molecule has 3 heterocycles. The second-order valence-corrected chi connectivity index (χ2v) is 9.26. The molecule has 0 N–H and O–H groups in total. The number of aromatic nitrogens is 3. The van der Waals surface area contributed by atoms with Crippen molar-refractivity contribution in [1.82, 2.24) is 15.0 Å². The number of ether oxygens (including phenoxy) is 2. The summed E-state index contributed by atoms with van der Waals surface area (Å²) in [6, 6.07) is 23.0. The minimum absolute atomic E-state index is 0.0440. The summed E-state index contributed by atoms with van der Waals surface area (Å²) in [6.07, 6.45) is 0. The number of nitro groups is 2. The quantitative estimate of drug-likeness (QED) is 0.119. The highest BCUT2D eigenvalue weighted by Crippen LogP contribution is 2.31. The van der Waals surface area contributed by atoms with Gasteiger partial charge in [-0.1, -0.05) is 30.3 Å². The lowest BCUT2D eigenvalue weighted by Crippen LogP contribution is -2.07. The fraction of sp³-hybridized carbons (Fsp3) is 0.0645. The molecule has 44 heavy (non-hydrogen) atoms. The molecule has 0 spiro atoms. The predicted octanol–water partition coefficient (Wildman–Crippen LogP) is 5.93. The molecule has 0 unspecified atom stereocenters. The van der Waals surface area contributed by atoms with E-state index in [2.05, 4.69) is 15.0 Å². The van der Waals surface area contributed by atoms with Gasteiger partial charge < -0.3 is 9.47 Å². The van der Waals surface area contributed by atoms with Crippen LogP contribution in [-0.2, 0) is 9.47 Å². The van der Waals surface area contributed by atoms with Crippen LogP contribution in [-0.4, -0.2) is 51.0 Å². The lowest BCUT2D eigenvalue weighted by molar-refractivity contribution is -0.385. The molecule has 13 heteroatoms. The lowest BCUT2D eigenvalue weighted by atomic mass is 10.0. The number of nitro benzene ring substituents is 2. The number of esters is 2. The van der Waals surface area contributed by atoms with Gasteiger partial charge in [0.2, 0.25) is 0 Å². The van der Waals surface area contributed by atoms with Gasteiger partial charge in [0.05, 0.1) is 46.8 Å². The molecule has 5 aromatic rings. The average Bonchev–Trinajstić information content (AvgIpc) is 3.07. The molecule has 0 saturated carbocycles. The first-order valence-electron chi connectivity index (χ1n) is 12.8. The number of hydrogen-bond donors (Lipinski definition) is 0. The SMILES string of the molecule is COC(=O)c1cc(-c2cccc([N+](=O)[O-])c2)cc(-c2cccc(-c3cc(-c4cccc([N+](=O)[O-])c4)cc(C(=O)OC)n3)n2)n1. The van der Waals surface area contributed by atoms with E-state index in [-0.39, 0.29) is 34.2 Å². The number of nitrogens with zero attached hydrogens (tertiary/aromatic N) is 5. The van der Waals surface area contributed by atoms with Crippen LogP contribution in [0.1, 0.15) is 21.0 Å². The summed E-state index contributed by atoms with van der Waals surface area (Å²) in [4.78, 5) is 60.2. The van der Waals surface area contributed by atoms with E-state index in [0.29, 0.717) is 33.6 Å².